The second-order valence-electron chi connectivity index (χ2n) is 3.97. The molecule has 84 valence electrons. The molecule has 2 aromatic rings. The van der Waals surface area contributed by atoms with E-state index in [9.17, 15) is 4.79 Å². The minimum absolute atomic E-state index is 0.186. The van der Waals surface area contributed by atoms with Crippen molar-refractivity contribution in [1.29, 1.82) is 0 Å². The summed E-state index contributed by atoms with van der Waals surface area (Å²) >= 11 is 5.94. The van der Waals surface area contributed by atoms with Crippen molar-refractivity contribution < 1.29 is 4.79 Å². The molecule has 0 fully saturated rings. The van der Waals surface area contributed by atoms with E-state index >= 15 is 0 Å². The van der Waals surface area contributed by atoms with Crippen molar-refractivity contribution in [1.82, 2.24) is 4.57 Å². The zero-order valence-corrected chi connectivity index (χ0v) is 9.74. The average molecular weight is 237 g/mol. The van der Waals surface area contributed by atoms with E-state index in [1.54, 1.807) is 0 Å². The van der Waals surface area contributed by atoms with Crippen LogP contribution in [0.1, 0.15) is 6.92 Å². The van der Waals surface area contributed by atoms with Crippen molar-refractivity contribution in [2.75, 3.05) is 0 Å². The number of rotatable bonds is 3. The van der Waals surface area contributed by atoms with Crippen molar-refractivity contribution in [3.05, 3.63) is 35.5 Å². The molecule has 2 rings (SSSR count). The lowest BCUT2D eigenvalue weighted by Gasteiger charge is -2.10. The van der Waals surface area contributed by atoms with Gasteiger partial charge < -0.3 is 10.3 Å². The second-order valence-corrected chi connectivity index (χ2v) is 4.41. The molecule has 1 amide bonds. The molecule has 0 aliphatic rings. The molecule has 1 aromatic heterocycles. The van der Waals surface area contributed by atoms with Crippen molar-refractivity contribution in [3.63, 3.8) is 0 Å². The number of hydrogen-bond donors (Lipinski definition) is 1. The van der Waals surface area contributed by atoms with Gasteiger partial charge in [0.2, 0.25) is 5.91 Å². The molecule has 1 unspecified atom stereocenters. The summed E-state index contributed by atoms with van der Waals surface area (Å²) in [6.07, 6.45) is 1.94. The Morgan fingerprint density at radius 3 is 2.94 bits per heavy atom. The Balaban J connectivity index is 2.37. The van der Waals surface area contributed by atoms with Crippen LogP contribution >= 0.6 is 11.6 Å². The Hall–Kier alpha value is -1.48. The van der Waals surface area contributed by atoms with Crippen LogP contribution in [0.15, 0.2) is 30.5 Å². The van der Waals surface area contributed by atoms with Gasteiger partial charge in [-0.3, -0.25) is 4.79 Å². The first-order valence-electron chi connectivity index (χ1n) is 5.11. The third-order valence-corrected chi connectivity index (χ3v) is 2.93. The van der Waals surface area contributed by atoms with Gasteiger partial charge in [-0.2, -0.15) is 0 Å². The van der Waals surface area contributed by atoms with Gasteiger partial charge in [0, 0.05) is 23.3 Å². The summed E-state index contributed by atoms with van der Waals surface area (Å²) in [6, 6.07) is 7.71. The van der Waals surface area contributed by atoms with Crippen molar-refractivity contribution in [2.24, 2.45) is 11.7 Å². The monoisotopic (exact) mass is 236 g/mol. The number of primary amides is 1. The van der Waals surface area contributed by atoms with E-state index in [1.807, 2.05) is 42.0 Å². The Morgan fingerprint density at radius 2 is 2.25 bits per heavy atom. The molecule has 1 aromatic carbocycles. The number of nitrogens with zero attached hydrogens (tertiary/aromatic N) is 1. The summed E-state index contributed by atoms with van der Waals surface area (Å²) in [6.45, 7) is 2.40. The Labute approximate surface area is 98.8 Å². The molecular weight excluding hydrogens is 224 g/mol. The number of hydrogen-bond acceptors (Lipinski definition) is 1. The number of benzene rings is 1. The normalized spacial score (nSPS) is 12.9. The summed E-state index contributed by atoms with van der Waals surface area (Å²) < 4.78 is 2.00. The lowest BCUT2D eigenvalue weighted by molar-refractivity contribution is -0.121. The third kappa shape index (κ3) is 2.04. The van der Waals surface area contributed by atoms with Gasteiger partial charge in [-0.25, -0.2) is 0 Å². The molecule has 1 heterocycles. The highest BCUT2D eigenvalue weighted by molar-refractivity contribution is 6.31. The number of carbonyl (C=O) groups is 1. The summed E-state index contributed by atoms with van der Waals surface area (Å²) in [5, 5.41) is 1.81. The summed E-state index contributed by atoms with van der Waals surface area (Å²) in [5.41, 5.74) is 6.28. The number of aromatic nitrogens is 1. The van der Waals surface area contributed by atoms with Gasteiger partial charge in [0.25, 0.3) is 0 Å². The molecule has 2 N–H and O–H groups in total. The molecular formula is C12H13ClN2O. The van der Waals surface area contributed by atoms with Gasteiger partial charge in [0.15, 0.2) is 0 Å². The molecule has 3 nitrogen and oxygen atoms in total. The average Bonchev–Trinajstić information content (AvgIpc) is 2.61. The maximum Gasteiger partial charge on any atom is 0.222 e. The molecule has 0 spiro atoms. The van der Waals surface area contributed by atoms with E-state index < -0.39 is 0 Å². The SMILES string of the molecule is CC(Cn1ccc2ccc(Cl)cc21)C(N)=O. The summed E-state index contributed by atoms with van der Waals surface area (Å²) in [4.78, 5) is 11.0. The third-order valence-electron chi connectivity index (χ3n) is 2.69. The van der Waals surface area contributed by atoms with Crippen molar-refractivity contribution >= 4 is 28.4 Å². The maximum absolute atomic E-state index is 11.0. The molecule has 0 saturated carbocycles. The first-order chi connectivity index (χ1) is 7.58. The van der Waals surface area contributed by atoms with Crippen LogP contribution in [0.25, 0.3) is 10.9 Å². The van der Waals surface area contributed by atoms with Crippen molar-refractivity contribution in [3.8, 4) is 0 Å². The molecule has 0 aliphatic heterocycles. The second kappa shape index (κ2) is 4.18. The molecule has 0 radical (unpaired) electrons. The van der Waals surface area contributed by atoms with Gasteiger partial charge in [-0.1, -0.05) is 24.6 Å². The zero-order chi connectivity index (χ0) is 11.7. The fourth-order valence-electron chi connectivity index (χ4n) is 1.70. The van der Waals surface area contributed by atoms with Crippen molar-refractivity contribution in [2.45, 2.75) is 13.5 Å². The molecule has 16 heavy (non-hydrogen) atoms. The van der Waals surface area contributed by atoms with E-state index in [-0.39, 0.29) is 11.8 Å². The lowest BCUT2D eigenvalue weighted by atomic mass is 10.1. The van der Waals surface area contributed by atoms with E-state index in [0.717, 1.165) is 10.9 Å². The first-order valence-corrected chi connectivity index (χ1v) is 5.49. The van der Waals surface area contributed by atoms with Crippen LogP contribution in [0.5, 0.6) is 0 Å². The number of nitrogens with two attached hydrogens (primary N) is 1. The molecule has 0 saturated heterocycles. The van der Waals surface area contributed by atoms with E-state index in [2.05, 4.69) is 0 Å². The molecule has 1 atom stereocenters. The Morgan fingerprint density at radius 1 is 1.50 bits per heavy atom. The van der Waals surface area contributed by atoms with Crippen LogP contribution in [0, 0.1) is 5.92 Å². The van der Waals surface area contributed by atoms with Crippen LogP contribution in [-0.4, -0.2) is 10.5 Å². The highest BCUT2D eigenvalue weighted by Crippen LogP contribution is 2.21. The van der Waals surface area contributed by atoms with Gasteiger partial charge in [-0.15, -0.1) is 0 Å². The lowest BCUT2D eigenvalue weighted by Crippen LogP contribution is -2.24. The van der Waals surface area contributed by atoms with E-state index in [4.69, 9.17) is 17.3 Å². The number of halogens is 1. The van der Waals surface area contributed by atoms with Crippen LogP contribution in [-0.2, 0) is 11.3 Å². The van der Waals surface area contributed by atoms with E-state index in [1.165, 1.54) is 0 Å². The van der Waals surface area contributed by atoms with Gasteiger partial charge >= 0.3 is 0 Å². The largest absolute Gasteiger partial charge is 0.369 e. The Bertz CT molecular complexity index is 533. The quantitative estimate of drug-likeness (QED) is 0.874. The summed E-state index contributed by atoms with van der Waals surface area (Å²) in [7, 11) is 0. The Kier molecular flexibility index (Phi) is 2.88. The van der Waals surface area contributed by atoms with Crippen LogP contribution in [0.4, 0.5) is 0 Å². The van der Waals surface area contributed by atoms with Gasteiger partial charge in [0.1, 0.15) is 0 Å². The smallest absolute Gasteiger partial charge is 0.222 e. The first kappa shape index (κ1) is 11.0. The number of amides is 1. The topological polar surface area (TPSA) is 48.0 Å². The number of carbonyl (C=O) groups excluding carboxylic acids is 1. The van der Waals surface area contributed by atoms with E-state index in [0.29, 0.717) is 11.6 Å². The standard InChI is InChI=1S/C12H13ClN2O/c1-8(12(14)16)7-15-5-4-9-2-3-10(13)6-11(9)15/h2-6,8H,7H2,1H3,(H2,14,16). The highest BCUT2D eigenvalue weighted by atomic mass is 35.5. The fraction of sp³-hybridized carbons (Fsp3) is 0.250. The highest BCUT2D eigenvalue weighted by Gasteiger charge is 2.10. The molecule has 0 bridgehead atoms. The van der Waals surface area contributed by atoms with Gasteiger partial charge in [-0.05, 0) is 23.6 Å². The fourth-order valence-corrected chi connectivity index (χ4v) is 1.87. The van der Waals surface area contributed by atoms with Gasteiger partial charge in [0.05, 0.1) is 5.92 Å². The van der Waals surface area contributed by atoms with Crippen LogP contribution in [0.3, 0.4) is 0 Å². The van der Waals surface area contributed by atoms with Crippen LogP contribution < -0.4 is 5.73 Å². The summed E-state index contributed by atoms with van der Waals surface area (Å²) in [5.74, 6) is -0.474. The molecule has 4 heteroatoms. The molecule has 0 aliphatic carbocycles. The predicted octanol–water partition coefficient (Wildman–Crippen LogP) is 2.42. The predicted molar refractivity (Wildman–Crippen MR) is 65.3 cm³/mol. The number of fused-ring (bicyclic) bond motifs is 1. The maximum atomic E-state index is 11.0. The minimum atomic E-state index is -0.288. The van der Waals surface area contributed by atoms with Crippen LogP contribution in [0.2, 0.25) is 5.02 Å². The minimum Gasteiger partial charge on any atom is -0.369 e. The zero-order valence-electron chi connectivity index (χ0n) is 8.98.